The Hall–Kier alpha value is -3.75. The van der Waals surface area contributed by atoms with Crippen molar-refractivity contribution in [1.82, 2.24) is 39.9 Å². The van der Waals surface area contributed by atoms with Gasteiger partial charge in [-0.2, -0.15) is 10.2 Å². The minimum Gasteiger partial charge on any atom is -0.388 e. The molecule has 232 valence electrons. The summed E-state index contributed by atoms with van der Waals surface area (Å²) in [5, 5.41) is 13.4. The second-order valence-electron chi connectivity index (χ2n) is 10.5. The lowest BCUT2D eigenvalue weighted by Crippen LogP contribution is -2.56. The number of nitrogens with zero attached hydrogens (tertiary/aromatic N) is 6. The third kappa shape index (κ3) is 9.39. The van der Waals surface area contributed by atoms with Crippen LogP contribution >= 0.6 is 0 Å². The molecule has 15 heteroatoms. The van der Waals surface area contributed by atoms with E-state index in [-0.39, 0.29) is 37.9 Å². The highest BCUT2D eigenvalue weighted by Crippen LogP contribution is 2.32. The summed E-state index contributed by atoms with van der Waals surface area (Å²) in [6.45, 7) is 2.73. The SMILES string of the molecule is CC(C)n1nccc1C(=O)NCc1cn2ncc(CN3CC(F)(F)CNC3=O)cc2n1.COC.FC1(F)CCCCC1. The van der Waals surface area contributed by atoms with Gasteiger partial charge < -0.3 is 20.3 Å². The summed E-state index contributed by atoms with van der Waals surface area (Å²) in [7, 11) is 3.25. The first-order valence-electron chi connectivity index (χ1n) is 13.7. The fourth-order valence-corrected chi connectivity index (χ4v) is 4.44. The second kappa shape index (κ2) is 14.4. The number of hydrogen-bond donors (Lipinski definition) is 2. The Morgan fingerprint density at radius 3 is 2.43 bits per heavy atom. The Labute approximate surface area is 241 Å². The predicted octanol–water partition coefficient (Wildman–Crippen LogP) is 4.45. The van der Waals surface area contributed by atoms with Gasteiger partial charge in [0.1, 0.15) is 5.69 Å². The molecule has 0 atom stereocenters. The largest absolute Gasteiger partial charge is 0.388 e. The fourth-order valence-electron chi connectivity index (χ4n) is 4.44. The lowest BCUT2D eigenvalue weighted by molar-refractivity contribution is -0.0368. The summed E-state index contributed by atoms with van der Waals surface area (Å²) in [5.74, 6) is -5.57. The minimum absolute atomic E-state index is 0.0109. The van der Waals surface area contributed by atoms with Crippen LogP contribution < -0.4 is 10.6 Å². The highest BCUT2D eigenvalue weighted by molar-refractivity contribution is 5.92. The molecule has 11 nitrogen and oxygen atoms in total. The van der Waals surface area contributed by atoms with E-state index >= 15 is 0 Å². The van der Waals surface area contributed by atoms with E-state index in [1.165, 1.54) is 10.7 Å². The van der Waals surface area contributed by atoms with Crippen molar-refractivity contribution in [3.63, 3.8) is 0 Å². The highest BCUT2D eigenvalue weighted by Gasteiger charge is 2.38. The monoisotopic (exact) mass is 598 g/mol. The molecule has 3 aromatic rings. The zero-order valence-electron chi connectivity index (χ0n) is 24.2. The predicted molar refractivity (Wildman–Crippen MR) is 146 cm³/mol. The van der Waals surface area contributed by atoms with Crippen LogP contribution in [0.25, 0.3) is 5.65 Å². The topological polar surface area (TPSA) is 119 Å². The number of halogens is 4. The van der Waals surface area contributed by atoms with E-state index in [2.05, 4.69) is 30.6 Å². The maximum atomic E-state index is 13.6. The van der Waals surface area contributed by atoms with Gasteiger partial charge in [0.05, 0.1) is 37.7 Å². The molecule has 0 spiro atoms. The molecule has 1 saturated heterocycles. The lowest BCUT2D eigenvalue weighted by Gasteiger charge is -2.32. The number of imidazole rings is 1. The third-order valence-corrected chi connectivity index (χ3v) is 6.41. The number of ether oxygens (including phenoxy) is 1. The van der Waals surface area contributed by atoms with E-state index in [1.807, 2.05) is 13.8 Å². The van der Waals surface area contributed by atoms with Crippen LogP contribution in [-0.2, 0) is 17.8 Å². The van der Waals surface area contributed by atoms with E-state index in [0.29, 0.717) is 35.4 Å². The summed E-state index contributed by atoms with van der Waals surface area (Å²) in [5.41, 5.74) is 2.09. The van der Waals surface area contributed by atoms with E-state index in [1.54, 1.807) is 43.4 Å². The number of urea groups is 1. The fraction of sp³-hybridized carbons (Fsp3) is 0.593. The maximum Gasteiger partial charge on any atom is 0.318 e. The van der Waals surface area contributed by atoms with Gasteiger partial charge in [0.15, 0.2) is 5.65 Å². The maximum absolute atomic E-state index is 13.6. The van der Waals surface area contributed by atoms with E-state index in [0.717, 1.165) is 11.3 Å². The molecule has 0 bridgehead atoms. The van der Waals surface area contributed by atoms with Crippen LogP contribution in [0.15, 0.2) is 30.7 Å². The van der Waals surface area contributed by atoms with E-state index in [4.69, 9.17) is 0 Å². The van der Waals surface area contributed by atoms with Crippen LogP contribution in [0.1, 0.15) is 73.7 Å². The molecule has 0 aromatic carbocycles. The zero-order chi connectivity index (χ0) is 30.9. The molecule has 5 rings (SSSR count). The van der Waals surface area contributed by atoms with Gasteiger partial charge in [-0.25, -0.2) is 31.9 Å². The molecule has 0 radical (unpaired) electrons. The Morgan fingerprint density at radius 1 is 1.12 bits per heavy atom. The number of carbonyl (C=O) groups excluding carboxylic acids is 2. The number of nitrogens with one attached hydrogen (secondary N) is 2. The number of fused-ring (bicyclic) bond motifs is 1. The molecular formula is C27H38F4N8O3. The van der Waals surface area contributed by atoms with Crippen LogP contribution in [-0.4, -0.2) is 80.4 Å². The summed E-state index contributed by atoms with van der Waals surface area (Å²) in [6.07, 6.45) is 7.40. The van der Waals surface area contributed by atoms with Gasteiger partial charge in [-0.1, -0.05) is 6.42 Å². The van der Waals surface area contributed by atoms with E-state index < -0.39 is 31.0 Å². The van der Waals surface area contributed by atoms with Crippen molar-refractivity contribution in [1.29, 1.82) is 0 Å². The number of alkyl halides is 4. The molecule has 3 amide bonds. The Kier molecular flexibility index (Phi) is 11.3. The van der Waals surface area contributed by atoms with Crippen molar-refractivity contribution >= 4 is 17.6 Å². The number of carbonyl (C=O) groups is 2. The van der Waals surface area contributed by atoms with Gasteiger partial charge in [0.25, 0.3) is 11.8 Å². The Bertz CT molecular complexity index is 1320. The third-order valence-electron chi connectivity index (χ3n) is 6.41. The molecule has 1 aliphatic heterocycles. The number of rotatable bonds is 6. The first kappa shape index (κ1) is 32.8. The second-order valence-corrected chi connectivity index (χ2v) is 10.5. The first-order valence-corrected chi connectivity index (χ1v) is 13.7. The first-order chi connectivity index (χ1) is 19.8. The van der Waals surface area contributed by atoms with Crippen molar-refractivity contribution in [2.75, 3.05) is 27.3 Å². The quantitative estimate of drug-likeness (QED) is 0.405. The molecule has 4 heterocycles. The van der Waals surface area contributed by atoms with Gasteiger partial charge in [0.2, 0.25) is 5.92 Å². The van der Waals surface area contributed by atoms with Crippen molar-refractivity contribution in [3.05, 3.63) is 47.7 Å². The Morgan fingerprint density at radius 2 is 1.81 bits per heavy atom. The van der Waals surface area contributed by atoms with Crippen molar-refractivity contribution < 1.29 is 31.9 Å². The molecule has 42 heavy (non-hydrogen) atoms. The number of hydrogen-bond acceptors (Lipinski definition) is 6. The smallest absolute Gasteiger partial charge is 0.318 e. The summed E-state index contributed by atoms with van der Waals surface area (Å²) < 4.78 is 59.0. The zero-order valence-corrected chi connectivity index (χ0v) is 24.2. The van der Waals surface area contributed by atoms with Crippen LogP contribution in [0.5, 0.6) is 0 Å². The average Bonchev–Trinajstić information content (AvgIpc) is 3.57. The van der Waals surface area contributed by atoms with Gasteiger partial charge in [0, 0.05) is 45.8 Å². The molecule has 2 fully saturated rings. The van der Waals surface area contributed by atoms with E-state index in [9.17, 15) is 27.2 Å². The normalized spacial score (nSPS) is 17.5. The molecule has 1 saturated carbocycles. The molecule has 3 aromatic heterocycles. The highest BCUT2D eigenvalue weighted by atomic mass is 19.3. The van der Waals surface area contributed by atoms with Gasteiger partial charge in [-0.05, 0) is 44.4 Å². The molecule has 0 unspecified atom stereocenters. The number of methoxy groups -OCH3 is 1. The summed E-state index contributed by atoms with van der Waals surface area (Å²) in [4.78, 5) is 29.8. The van der Waals surface area contributed by atoms with Gasteiger partial charge in [-0.3, -0.25) is 9.48 Å². The molecule has 2 aliphatic rings. The van der Waals surface area contributed by atoms with Gasteiger partial charge >= 0.3 is 6.03 Å². The lowest BCUT2D eigenvalue weighted by atomic mass is 9.97. The van der Waals surface area contributed by atoms with Crippen LogP contribution in [0.4, 0.5) is 22.4 Å². The number of amides is 3. The molecular weight excluding hydrogens is 560 g/mol. The van der Waals surface area contributed by atoms with Crippen LogP contribution in [0.3, 0.4) is 0 Å². The minimum atomic E-state index is -2.98. The van der Waals surface area contributed by atoms with Crippen LogP contribution in [0.2, 0.25) is 0 Å². The summed E-state index contributed by atoms with van der Waals surface area (Å²) >= 11 is 0. The molecule has 2 N–H and O–H groups in total. The van der Waals surface area contributed by atoms with Crippen molar-refractivity contribution in [2.24, 2.45) is 0 Å². The van der Waals surface area contributed by atoms with Crippen molar-refractivity contribution in [3.8, 4) is 0 Å². The Balaban J connectivity index is 0.000000372. The standard InChI is InChI=1S/C19H22F2N8O2.C6H10F2.C2H6O/c1-12(2)29-15(3-4-24-29)17(30)22-7-14-9-28-16(26-14)5-13(6-25-28)8-27-11-19(20,21)10-23-18(27)31;7-6(8)4-2-1-3-5-6;1-3-2/h3-6,9,12H,7-8,10-11H2,1-2H3,(H,22,30)(H,23,31);1-5H2;1-2H3. The molecule has 1 aliphatic carbocycles. The summed E-state index contributed by atoms with van der Waals surface area (Å²) in [6, 6.07) is 2.83. The van der Waals surface area contributed by atoms with Crippen LogP contribution in [0, 0.1) is 0 Å². The average molecular weight is 599 g/mol. The van der Waals surface area contributed by atoms with Crippen molar-refractivity contribution in [2.45, 2.75) is 76.9 Å². The number of aromatic nitrogens is 5. The van der Waals surface area contributed by atoms with Gasteiger partial charge in [-0.15, -0.1) is 0 Å².